The number of hydrogen-bond donors (Lipinski definition) is 4. The van der Waals surface area contributed by atoms with Gasteiger partial charge in [-0.2, -0.15) is 0 Å². The van der Waals surface area contributed by atoms with Crippen LogP contribution in [0.2, 0.25) is 0 Å². The molecule has 6 heterocycles. The largest absolute Gasteiger partial charge is 0.508 e. The highest BCUT2D eigenvalue weighted by molar-refractivity contribution is 7.91. The number of likely N-dealkylation sites (N-methyl/N-ethyl adjacent to an activating group) is 1. The summed E-state index contributed by atoms with van der Waals surface area (Å²) >= 11 is 0. The molecule has 6 bridgehead atoms. The van der Waals surface area contributed by atoms with Gasteiger partial charge in [0, 0.05) is 98.6 Å². The molecule has 1 saturated carbocycles. The van der Waals surface area contributed by atoms with Crippen LogP contribution in [0.15, 0.2) is 72.9 Å². The van der Waals surface area contributed by atoms with Crippen molar-refractivity contribution in [1.29, 1.82) is 0 Å². The molecule has 18 nitrogen and oxygen atoms in total. The van der Waals surface area contributed by atoms with Gasteiger partial charge in [-0.1, -0.05) is 62.8 Å². The van der Waals surface area contributed by atoms with Crippen LogP contribution in [0.3, 0.4) is 0 Å². The highest BCUT2D eigenvalue weighted by Crippen LogP contribution is 2.43. The van der Waals surface area contributed by atoms with Gasteiger partial charge in [0.1, 0.15) is 30.0 Å². The van der Waals surface area contributed by atoms with Gasteiger partial charge in [-0.25, -0.2) is 13.8 Å². The van der Waals surface area contributed by atoms with Crippen LogP contribution in [0, 0.1) is 23.2 Å². The maximum atomic E-state index is 15.2. The zero-order chi connectivity index (χ0) is 58.0. The van der Waals surface area contributed by atoms with E-state index in [9.17, 15) is 23.1 Å². The van der Waals surface area contributed by atoms with Gasteiger partial charge in [-0.3, -0.25) is 34.1 Å². The van der Waals surface area contributed by atoms with E-state index in [1.54, 1.807) is 32.5 Å². The molecule has 2 aromatic heterocycles. The minimum absolute atomic E-state index is 0.0239. The van der Waals surface area contributed by atoms with E-state index in [0.29, 0.717) is 86.5 Å². The fourth-order valence-electron chi connectivity index (χ4n) is 12.8. The SMILES string of the molecule is CCn1c(-c2cc(C#CCN3CCS(=O)(=O)CC3)cnc2C(C)OC)c2c3cc(ccc31)-c1cc(O)cc(c1)CC(NC(=O)C(C1CCCC1)N(C)C(=O)C1OCCC1c1ccc(N)cc1)C(=O)N1CCCC(N1)C(=O)OCC(C)(C)C2. The molecule has 10 rings (SSSR count). The summed E-state index contributed by atoms with van der Waals surface area (Å²) < 4.78 is 44.8. The van der Waals surface area contributed by atoms with E-state index in [4.69, 9.17) is 24.9 Å². The Hall–Kier alpha value is -6.82. The van der Waals surface area contributed by atoms with Crippen molar-refractivity contribution in [2.45, 2.75) is 128 Å². The third-order valence-corrected chi connectivity index (χ3v) is 18.9. The number of pyridine rings is 1. The number of amides is 3. The Morgan fingerprint density at radius 1 is 0.988 bits per heavy atom. The van der Waals surface area contributed by atoms with Crippen molar-refractivity contribution >= 4 is 50.1 Å². The number of fused-ring (bicyclic) bond motifs is 6. The molecular formula is C63H78N8O10S. The molecule has 3 aromatic carbocycles. The number of nitrogens with two attached hydrogens (primary N) is 1. The van der Waals surface area contributed by atoms with Crippen LogP contribution in [-0.4, -0.2) is 151 Å². The summed E-state index contributed by atoms with van der Waals surface area (Å²) in [6.07, 6.45) is 5.75. The number of phenolic OH excluding ortho intramolecular Hbond substituents is 1. The summed E-state index contributed by atoms with van der Waals surface area (Å²) in [7, 11) is 0.272. The second-order valence-corrected chi connectivity index (χ2v) is 26.1. The number of nitrogen functional groups attached to an aromatic ring is 1. The van der Waals surface area contributed by atoms with Crippen molar-refractivity contribution in [2.24, 2.45) is 11.3 Å². The topological polar surface area (TPSA) is 228 Å². The van der Waals surface area contributed by atoms with Crippen molar-refractivity contribution in [3.8, 4) is 40.0 Å². The Labute approximate surface area is 481 Å². The number of aryl methyl sites for hydroxylation is 1. The molecule has 5 N–H and O–H groups in total. The number of ether oxygens (including phenoxy) is 3. The number of aromatic nitrogens is 2. The second-order valence-electron chi connectivity index (χ2n) is 23.8. The van der Waals surface area contributed by atoms with Crippen LogP contribution in [-0.2, 0) is 62.6 Å². The van der Waals surface area contributed by atoms with Crippen LogP contribution in [0.4, 0.5) is 5.69 Å². The average molecular weight is 1140 g/mol. The number of sulfone groups is 1. The molecule has 82 heavy (non-hydrogen) atoms. The van der Waals surface area contributed by atoms with Crippen LogP contribution in [0.25, 0.3) is 33.3 Å². The monoisotopic (exact) mass is 1140 g/mol. The molecule has 436 valence electrons. The van der Waals surface area contributed by atoms with Crippen molar-refractivity contribution in [2.75, 3.05) is 70.8 Å². The Bertz CT molecular complexity index is 3390. The lowest BCUT2D eigenvalue weighted by Gasteiger charge is -2.37. The number of benzene rings is 3. The van der Waals surface area contributed by atoms with Crippen LogP contribution < -0.4 is 16.5 Å². The van der Waals surface area contributed by atoms with Crippen molar-refractivity contribution in [1.82, 2.24) is 35.1 Å². The number of anilines is 1. The Balaban J connectivity index is 1.03. The van der Waals surface area contributed by atoms with Crippen molar-refractivity contribution < 1.29 is 46.9 Å². The van der Waals surface area contributed by atoms with Gasteiger partial charge in [-0.15, -0.1) is 0 Å². The smallest absolute Gasteiger partial charge is 0.324 e. The van der Waals surface area contributed by atoms with Crippen LogP contribution in [0.5, 0.6) is 5.75 Å². The molecular weight excluding hydrogens is 1060 g/mol. The lowest BCUT2D eigenvalue weighted by molar-refractivity contribution is -0.155. The van der Waals surface area contributed by atoms with Gasteiger partial charge in [0.05, 0.1) is 42.1 Å². The molecule has 3 saturated heterocycles. The molecule has 0 radical (unpaired) electrons. The van der Waals surface area contributed by atoms with Gasteiger partial charge in [0.15, 0.2) is 9.84 Å². The summed E-state index contributed by atoms with van der Waals surface area (Å²) in [5.74, 6) is 4.63. The van der Waals surface area contributed by atoms with Gasteiger partial charge >= 0.3 is 5.97 Å². The number of methoxy groups -OCH3 is 1. The molecule has 4 fully saturated rings. The van der Waals surface area contributed by atoms with Crippen LogP contribution in [0.1, 0.15) is 113 Å². The summed E-state index contributed by atoms with van der Waals surface area (Å²) in [6, 6.07) is 18.0. The lowest BCUT2D eigenvalue weighted by atomic mass is 9.84. The van der Waals surface area contributed by atoms with Crippen molar-refractivity contribution in [3.63, 3.8) is 0 Å². The van der Waals surface area contributed by atoms with Crippen molar-refractivity contribution in [3.05, 3.63) is 101 Å². The fraction of sp³-hybridized carbons (Fsp3) is 0.508. The van der Waals surface area contributed by atoms with E-state index in [-0.39, 0.29) is 54.6 Å². The number of rotatable bonds is 11. The minimum Gasteiger partial charge on any atom is -0.508 e. The first-order valence-corrected chi connectivity index (χ1v) is 30.8. The van der Waals surface area contributed by atoms with E-state index in [0.717, 1.165) is 64.5 Å². The number of nitrogens with zero attached hydrogens (tertiary/aromatic N) is 5. The highest BCUT2D eigenvalue weighted by Gasteiger charge is 2.44. The standard InChI is InChI=1S/C63H78N8O10S/c1-7-70-54-21-18-44-35-49(54)51(57(70)50-32-40(37-65-55(50)39(2)79-6)12-10-23-69-25-28-82(77,78)29-26-69)36-63(3,4)38-81-62(76)52-15-11-24-71(67-52)60(74)53(33-41-30-45(44)34-47(72)31-41)66-59(73)56(43-13-8-9-14-43)68(5)61(75)58-48(22-27-80-58)42-16-19-46(64)20-17-42/h16-21,30-32,34-35,37,39,43,48,52-53,56,58,67,72H,7-9,11,13-15,22-29,33,36,38,64H2,1-6H3,(H,66,73). The first-order chi connectivity index (χ1) is 39.3. The number of esters is 1. The number of cyclic esters (lactones) is 1. The second kappa shape index (κ2) is 24.6. The van der Waals surface area contributed by atoms with E-state index in [1.807, 2.05) is 48.2 Å². The fourth-order valence-corrected chi connectivity index (χ4v) is 14.1. The van der Waals surface area contributed by atoms with E-state index >= 15 is 9.59 Å². The molecule has 6 atom stereocenters. The number of carbonyl (C=O) groups excluding carboxylic acids is 4. The highest BCUT2D eigenvalue weighted by atomic mass is 32.2. The maximum Gasteiger partial charge on any atom is 0.324 e. The van der Waals surface area contributed by atoms with E-state index in [1.165, 1.54) is 9.91 Å². The summed E-state index contributed by atoms with van der Waals surface area (Å²) in [5.41, 5.74) is 17.3. The lowest BCUT2D eigenvalue weighted by Crippen LogP contribution is -2.62. The molecule has 1 aliphatic carbocycles. The number of carbonyl (C=O) groups is 4. The number of hydrazine groups is 1. The Morgan fingerprint density at radius 3 is 2.48 bits per heavy atom. The van der Waals surface area contributed by atoms with Gasteiger partial charge in [0.25, 0.3) is 11.8 Å². The molecule has 0 spiro atoms. The molecule has 5 aromatic rings. The van der Waals surface area contributed by atoms with Gasteiger partial charge < -0.3 is 39.8 Å². The molecule has 4 aliphatic heterocycles. The van der Waals surface area contributed by atoms with E-state index < -0.39 is 63.4 Å². The van der Waals surface area contributed by atoms with Gasteiger partial charge in [0.2, 0.25) is 5.91 Å². The number of phenols is 1. The maximum absolute atomic E-state index is 15.2. The normalized spacial score (nSPS) is 23.1. The number of aromatic hydroxyl groups is 1. The third-order valence-electron chi connectivity index (χ3n) is 17.3. The molecule has 3 amide bonds. The predicted octanol–water partition coefficient (Wildman–Crippen LogP) is 6.71. The molecule has 5 aliphatic rings. The summed E-state index contributed by atoms with van der Waals surface area (Å²) in [6.45, 7) is 10.7. The zero-order valence-corrected chi connectivity index (χ0v) is 48.9. The third kappa shape index (κ3) is 12.7. The first-order valence-electron chi connectivity index (χ1n) is 29.0. The zero-order valence-electron chi connectivity index (χ0n) is 48.0. The quantitative estimate of drug-likeness (QED) is 0.0613. The average Bonchev–Trinajstić information content (AvgIpc) is 4.35. The first kappa shape index (κ1) is 58.4. The predicted molar refractivity (Wildman–Crippen MR) is 314 cm³/mol. The Morgan fingerprint density at radius 2 is 1.74 bits per heavy atom. The van der Waals surface area contributed by atoms with Gasteiger partial charge in [-0.05, 0) is 129 Å². The van der Waals surface area contributed by atoms with Crippen LogP contribution >= 0.6 is 0 Å². The number of hydrogen-bond acceptors (Lipinski definition) is 14. The summed E-state index contributed by atoms with van der Waals surface area (Å²) in [5, 5.41) is 17.1. The number of nitrogens with one attached hydrogen (secondary N) is 2. The Kier molecular flexibility index (Phi) is 17.5. The molecule has 6 unspecified atom stereocenters. The summed E-state index contributed by atoms with van der Waals surface area (Å²) in [4.78, 5) is 67.8. The molecule has 19 heteroatoms. The minimum atomic E-state index is -3.03. The van der Waals surface area contributed by atoms with E-state index in [2.05, 4.69) is 66.1 Å².